The lowest BCUT2D eigenvalue weighted by molar-refractivity contribution is -0.130. The highest BCUT2D eigenvalue weighted by molar-refractivity contribution is 5.78. The average Bonchev–Trinajstić information content (AvgIpc) is 2.68. The van der Waals surface area contributed by atoms with Gasteiger partial charge in [-0.1, -0.05) is 0 Å². The molecule has 1 saturated heterocycles. The van der Waals surface area contributed by atoms with E-state index in [1.165, 1.54) is 6.07 Å². The van der Waals surface area contributed by atoms with Crippen LogP contribution in [0.4, 0.5) is 0 Å². The molecule has 1 aliphatic heterocycles. The molecule has 1 aromatic heterocycles. The first-order chi connectivity index (χ1) is 9.97. The Labute approximate surface area is 122 Å². The molecule has 7 nitrogen and oxygen atoms in total. The molecule has 0 unspecified atom stereocenters. The molecule has 1 fully saturated rings. The van der Waals surface area contributed by atoms with Crippen LogP contribution in [0.1, 0.15) is 25.8 Å². The largest absolute Gasteiger partial charge is 0.341 e. The monoisotopic (exact) mass is 294 g/mol. The number of aromatic amines is 2. The van der Waals surface area contributed by atoms with Crippen molar-refractivity contribution in [2.24, 2.45) is 0 Å². The lowest BCUT2D eigenvalue weighted by atomic mass is 10.2. The molecule has 0 spiro atoms. The molecule has 0 bridgehead atoms. The van der Waals surface area contributed by atoms with Gasteiger partial charge in [0.2, 0.25) is 5.91 Å². The molecule has 0 aliphatic carbocycles. The van der Waals surface area contributed by atoms with Gasteiger partial charge in [-0.2, -0.15) is 0 Å². The van der Waals surface area contributed by atoms with Gasteiger partial charge in [0.05, 0.1) is 6.42 Å². The zero-order chi connectivity index (χ0) is 15.4. The minimum Gasteiger partial charge on any atom is -0.341 e. The number of hydrogen-bond acceptors (Lipinski definition) is 4. The molecule has 0 aromatic carbocycles. The Morgan fingerprint density at radius 3 is 2.67 bits per heavy atom. The molecule has 1 aliphatic rings. The summed E-state index contributed by atoms with van der Waals surface area (Å²) >= 11 is 0. The summed E-state index contributed by atoms with van der Waals surface area (Å²) in [6.07, 6.45) is 0.899. The number of carbonyl (C=O) groups excluding carboxylic acids is 1. The van der Waals surface area contributed by atoms with Crippen LogP contribution in [0.25, 0.3) is 0 Å². The van der Waals surface area contributed by atoms with Crippen molar-refractivity contribution in [2.75, 3.05) is 26.2 Å². The first-order valence-corrected chi connectivity index (χ1v) is 7.30. The molecule has 2 rings (SSSR count). The summed E-state index contributed by atoms with van der Waals surface area (Å²) in [7, 11) is 0. The first kappa shape index (κ1) is 15.5. The molecule has 116 valence electrons. The van der Waals surface area contributed by atoms with E-state index in [-0.39, 0.29) is 17.9 Å². The van der Waals surface area contributed by atoms with Crippen LogP contribution >= 0.6 is 0 Å². The molecular formula is C14H22N4O3. The second kappa shape index (κ2) is 6.71. The zero-order valence-corrected chi connectivity index (χ0v) is 12.5. The summed E-state index contributed by atoms with van der Waals surface area (Å²) in [5, 5.41) is 4.44. The van der Waals surface area contributed by atoms with Crippen molar-refractivity contribution >= 4 is 5.91 Å². The number of nitrogens with one attached hydrogen (secondary N) is 2. The van der Waals surface area contributed by atoms with Crippen LogP contribution in [0.5, 0.6) is 0 Å². The Morgan fingerprint density at radius 2 is 1.95 bits per heavy atom. The average molecular weight is 294 g/mol. The molecule has 2 N–H and O–H groups in total. The SMILES string of the molecule is CC(C)N1CCCN(C(=O)Cc2cc(=O)[nH][nH]c2=O)CC1. The molecule has 21 heavy (non-hydrogen) atoms. The van der Waals surface area contributed by atoms with Crippen LogP contribution in [-0.2, 0) is 11.2 Å². The number of nitrogens with zero attached hydrogens (tertiary/aromatic N) is 2. The zero-order valence-electron chi connectivity index (χ0n) is 12.5. The maximum Gasteiger partial charge on any atom is 0.266 e. The van der Waals surface area contributed by atoms with Gasteiger partial charge >= 0.3 is 0 Å². The molecular weight excluding hydrogens is 272 g/mol. The van der Waals surface area contributed by atoms with E-state index in [0.29, 0.717) is 19.1 Å². The number of H-pyrrole nitrogens is 2. The minimum absolute atomic E-state index is 0.0269. The van der Waals surface area contributed by atoms with Gasteiger partial charge in [0.25, 0.3) is 11.1 Å². The molecule has 1 amide bonds. The van der Waals surface area contributed by atoms with Gasteiger partial charge in [-0.05, 0) is 20.3 Å². The summed E-state index contributed by atoms with van der Waals surface area (Å²) in [6, 6.07) is 1.66. The minimum atomic E-state index is -0.415. The third-order valence-electron chi connectivity index (χ3n) is 3.85. The van der Waals surface area contributed by atoms with Crippen molar-refractivity contribution in [3.8, 4) is 0 Å². The van der Waals surface area contributed by atoms with Crippen LogP contribution in [0, 0.1) is 0 Å². The third-order valence-corrected chi connectivity index (χ3v) is 3.85. The number of aromatic nitrogens is 2. The fraction of sp³-hybridized carbons (Fsp3) is 0.643. The second-order valence-corrected chi connectivity index (χ2v) is 5.65. The second-order valence-electron chi connectivity index (χ2n) is 5.65. The fourth-order valence-corrected chi connectivity index (χ4v) is 2.57. The molecule has 0 radical (unpaired) electrons. The van der Waals surface area contributed by atoms with Crippen LogP contribution in [-0.4, -0.2) is 58.1 Å². The Bertz CT molecular complexity index is 605. The van der Waals surface area contributed by atoms with Crippen LogP contribution in [0.2, 0.25) is 0 Å². The van der Waals surface area contributed by atoms with Crippen molar-refractivity contribution in [3.05, 3.63) is 32.3 Å². The van der Waals surface area contributed by atoms with E-state index in [0.717, 1.165) is 19.5 Å². The maximum atomic E-state index is 12.3. The van der Waals surface area contributed by atoms with Crippen molar-refractivity contribution in [3.63, 3.8) is 0 Å². The fourth-order valence-electron chi connectivity index (χ4n) is 2.57. The highest BCUT2D eigenvalue weighted by atomic mass is 16.2. The van der Waals surface area contributed by atoms with Gasteiger partial charge in [0.1, 0.15) is 0 Å². The number of carbonyl (C=O) groups is 1. The van der Waals surface area contributed by atoms with Crippen molar-refractivity contribution in [1.82, 2.24) is 20.0 Å². The summed E-state index contributed by atoms with van der Waals surface area (Å²) in [4.78, 5) is 39.2. The van der Waals surface area contributed by atoms with Crippen molar-refractivity contribution in [2.45, 2.75) is 32.7 Å². The Hall–Kier alpha value is -1.89. The summed E-state index contributed by atoms with van der Waals surface area (Å²) in [5.41, 5.74) is -0.602. The van der Waals surface area contributed by atoms with E-state index >= 15 is 0 Å². The molecule has 1 aromatic rings. The van der Waals surface area contributed by atoms with E-state index in [4.69, 9.17) is 0 Å². The van der Waals surface area contributed by atoms with Gasteiger partial charge < -0.3 is 4.90 Å². The van der Waals surface area contributed by atoms with Crippen LogP contribution in [0.15, 0.2) is 15.7 Å². The van der Waals surface area contributed by atoms with Crippen molar-refractivity contribution < 1.29 is 4.79 Å². The van der Waals surface area contributed by atoms with Crippen molar-refractivity contribution in [1.29, 1.82) is 0 Å². The summed E-state index contributed by atoms with van der Waals surface area (Å²) in [6.45, 7) is 7.48. The number of rotatable bonds is 3. The molecule has 0 atom stereocenters. The van der Waals surface area contributed by atoms with E-state index < -0.39 is 11.1 Å². The van der Waals surface area contributed by atoms with Gasteiger partial charge in [0.15, 0.2) is 0 Å². The van der Waals surface area contributed by atoms with E-state index in [1.807, 2.05) is 0 Å². The standard InChI is InChI=1S/C14H22N4O3/c1-10(2)17-4-3-5-18(7-6-17)13(20)9-11-8-12(19)15-16-14(11)21/h8,10H,3-7,9H2,1-2H3,(H,15,19)(H,16,21). The number of amides is 1. The highest BCUT2D eigenvalue weighted by Crippen LogP contribution is 2.08. The predicted octanol–water partition coefficient (Wildman–Crippen LogP) is -0.452. The molecule has 0 saturated carbocycles. The first-order valence-electron chi connectivity index (χ1n) is 7.30. The quantitative estimate of drug-likeness (QED) is 0.790. The van der Waals surface area contributed by atoms with Crippen LogP contribution in [0.3, 0.4) is 0 Å². The highest BCUT2D eigenvalue weighted by Gasteiger charge is 2.21. The molecule has 2 heterocycles. The Balaban J connectivity index is 2.02. The smallest absolute Gasteiger partial charge is 0.266 e. The topological polar surface area (TPSA) is 89.3 Å². The van der Waals surface area contributed by atoms with Gasteiger partial charge in [0, 0.05) is 43.9 Å². The van der Waals surface area contributed by atoms with Gasteiger partial charge in [-0.15, -0.1) is 0 Å². The van der Waals surface area contributed by atoms with E-state index in [2.05, 4.69) is 28.9 Å². The lowest BCUT2D eigenvalue weighted by Crippen LogP contribution is -2.38. The molecule has 7 heteroatoms. The third kappa shape index (κ3) is 4.04. The van der Waals surface area contributed by atoms with E-state index in [9.17, 15) is 14.4 Å². The Morgan fingerprint density at radius 1 is 1.19 bits per heavy atom. The summed E-state index contributed by atoms with van der Waals surface area (Å²) in [5.74, 6) is -0.100. The van der Waals surface area contributed by atoms with Crippen LogP contribution < -0.4 is 11.1 Å². The number of hydrogen-bond donors (Lipinski definition) is 2. The van der Waals surface area contributed by atoms with Gasteiger partial charge in [-0.25, -0.2) is 0 Å². The lowest BCUT2D eigenvalue weighted by Gasteiger charge is -2.24. The van der Waals surface area contributed by atoms with E-state index in [1.54, 1.807) is 4.90 Å². The Kier molecular flexibility index (Phi) is 4.95. The summed E-state index contributed by atoms with van der Waals surface area (Å²) < 4.78 is 0. The van der Waals surface area contributed by atoms with Gasteiger partial charge in [-0.3, -0.25) is 29.5 Å². The normalized spacial score (nSPS) is 17.0. The predicted molar refractivity (Wildman–Crippen MR) is 79.3 cm³/mol. The maximum absolute atomic E-state index is 12.3.